The minimum Gasteiger partial charge on any atom is -0.476 e. The molecule has 0 atom stereocenters. The van der Waals surface area contributed by atoms with Gasteiger partial charge in [0, 0.05) is 5.02 Å². The van der Waals surface area contributed by atoms with Crippen LogP contribution in [0.3, 0.4) is 0 Å². The molecule has 8 heteroatoms. The van der Waals surface area contributed by atoms with Crippen molar-refractivity contribution in [1.82, 2.24) is 14.8 Å². The van der Waals surface area contributed by atoms with Crippen LogP contribution < -0.4 is 11.2 Å². The summed E-state index contributed by atoms with van der Waals surface area (Å²) in [7, 11) is 0. The van der Waals surface area contributed by atoms with Crippen molar-refractivity contribution < 1.29 is 9.90 Å². The maximum atomic E-state index is 11.5. The van der Waals surface area contributed by atoms with Crippen LogP contribution in [0.15, 0.2) is 33.9 Å². The number of carboxylic acids is 1. The van der Waals surface area contributed by atoms with Gasteiger partial charge in [0.15, 0.2) is 0 Å². The predicted molar refractivity (Wildman–Crippen MR) is 62.4 cm³/mol. The molecule has 2 rings (SSSR count). The summed E-state index contributed by atoms with van der Waals surface area (Å²) in [6.45, 7) is 0. The fraction of sp³-hybridized carbons (Fsp3) is 0. The van der Waals surface area contributed by atoms with E-state index in [9.17, 15) is 14.4 Å². The van der Waals surface area contributed by atoms with Crippen molar-refractivity contribution in [2.75, 3.05) is 0 Å². The number of hydrogen-bond donors (Lipinski definition) is 2. The summed E-state index contributed by atoms with van der Waals surface area (Å²) in [5, 5.41) is 12.7. The lowest BCUT2D eigenvalue weighted by Crippen LogP contribution is -2.35. The van der Waals surface area contributed by atoms with Crippen LogP contribution in [0.4, 0.5) is 0 Å². The molecule has 7 nitrogen and oxygen atoms in total. The molecular weight excluding hydrogens is 262 g/mol. The van der Waals surface area contributed by atoms with Gasteiger partial charge in [0.1, 0.15) is 0 Å². The average Bonchev–Trinajstić information content (AvgIpc) is 2.30. The van der Waals surface area contributed by atoms with Crippen LogP contribution in [-0.2, 0) is 0 Å². The molecule has 0 aliphatic heterocycles. The Hall–Kier alpha value is -2.41. The molecule has 0 saturated carbocycles. The maximum Gasteiger partial charge on any atom is 0.362 e. The van der Waals surface area contributed by atoms with Crippen LogP contribution in [0.25, 0.3) is 5.69 Å². The number of aromatic nitrogens is 3. The van der Waals surface area contributed by atoms with E-state index in [4.69, 9.17) is 16.7 Å². The topological polar surface area (TPSA) is 105 Å². The number of aromatic carboxylic acids is 1. The maximum absolute atomic E-state index is 11.5. The molecule has 92 valence electrons. The third-order valence-corrected chi connectivity index (χ3v) is 2.35. The number of aromatic amines is 1. The molecule has 0 amide bonds. The summed E-state index contributed by atoms with van der Waals surface area (Å²) < 4.78 is 0.779. The third kappa shape index (κ3) is 2.16. The highest BCUT2D eigenvalue weighted by Gasteiger charge is 2.14. The fourth-order valence-corrected chi connectivity index (χ4v) is 1.42. The van der Waals surface area contributed by atoms with E-state index in [0.717, 1.165) is 4.68 Å². The van der Waals surface area contributed by atoms with E-state index in [1.165, 1.54) is 24.3 Å². The zero-order valence-electron chi connectivity index (χ0n) is 8.75. The van der Waals surface area contributed by atoms with Gasteiger partial charge >= 0.3 is 11.7 Å². The highest BCUT2D eigenvalue weighted by Crippen LogP contribution is 2.10. The van der Waals surface area contributed by atoms with Crippen LogP contribution in [-0.4, -0.2) is 25.8 Å². The van der Waals surface area contributed by atoms with Crippen molar-refractivity contribution in [3.63, 3.8) is 0 Å². The Morgan fingerprint density at radius 3 is 2.44 bits per heavy atom. The normalized spacial score (nSPS) is 10.3. The molecular formula is C10H6ClN3O4. The first-order chi connectivity index (χ1) is 8.49. The van der Waals surface area contributed by atoms with Gasteiger partial charge in [0.05, 0.1) is 5.69 Å². The van der Waals surface area contributed by atoms with Crippen molar-refractivity contribution in [3.8, 4) is 5.69 Å². The van der Waals surface area contributed by atoms with Gasteiger partial charge in [-0.2, -0.15) is 9.78 Å². The molecule has 2 N–H and O–H groups in total. The number of benzene rings is 1. The second-order valence-electron chi connectivity index (χ2n) is 3.30. The van der Waals surface area contributed by atoms with Crippen molar-refractivity contribution in [2.24, 2.45) is 0 Å². The molecule has 0 spiro atoms. The van der Waals surface area contributed by atoms with Crippen molar-refractivity contribution in [2.45, 2.75) is 0 Å². The summed E-state index contributed by atoms with van der Waals surface area (Å²) in [4.78, 5) is 35.3. The molecule has 0 radical (unpaired) electrons. The molecule has 1 aromatic heterocycles. The lowest BCUT2D eigenvalue weighted by Gasteiger charge is -2.04. The zero-order valence-corrected chi connectivity index (χ0v) is 9.51. The fourth-order valence-electron chi connectivity index (χ4n) is 1.30. The SMILES string of the molecule is O=C(O)c1nn(-c2ccc(Cl)cc2)c(=O)[nH]c1=O. The van der Waals surface area contributed by atoms with Gasteiger partial charge in [-0.15, -0.1) is 0 Å². The van der Waals surface area contributed by atoms with Gasteiger partial charge in [0.25, 0.3) is 5.56 Å². The lowest BCUT2D eigenvalue weighted by molar-refractivity contribution is 0.0685. The highest BCUT2D eigenvalue weighted by molar-refractivity contribution is 6.30. The van der Waals surface area contributed by atoms with E-state index in [1.807, 2.05) is 4.98 Å². The molecule has 0 unspecified atom stereocenters. The van der Waals surface area contributed by atoms with E-state index in [-0.39, 0.29) is 0 Å². The highest BCUT2D eigenvalue weighted by atomic mass is 35.5. The van der Waals surface area contributed by atoms with Gasteiger partial charge in [-0.05, 0) is 24.3 Å². The van der Waals surface area contributed by atoms with Gasteiger partial charge < -0.3 is 5.11 Å². The first kappa shape index (κ1) is 12.1. The smallest absolute Gasteiger partial charge is 0.362 e. The number of carboxylic acid groups (broad SMARTS) is 1. The van der Waals surface area contributed by atoms with E-state index in [1.54, 1.807) is 0 Å². The summed E-state index contributed by atoms with van der Waals surface area (Å²) in [6.07, 6.45) is 0. The summed E-state index contributed by atoms with van der Waals surface area (Å²) in [5.74, 6) is -1.51. The standard InChI is InChI=1S/C10H6ClN3O4/c11-5-1-3-6(4-2-5)14-10(18)12-8(15)7(13-14)9(16)17/h1-4H,(H,16,17)(H,12,15,18). The molecule has 18 heavy (non-hydrogen) atoms. The molecule has 0 saturated heterocycles. The van der Waals surface area contributed by atoms with E-state index in [0.29, 0.717) is 10.7 Å². The van der Waals surface area contributed by atoms with Crippen LogP contribution in [0.5, 0.6) is 0 Å². The number of carbonyl (C=O) groups is 1. The molecule has 0 aliphatic carbocycles. The quantitative estimate of drug-likeness (QED) is 0.813. The van der Waals surface area contributed by atoms with E-state index >= 15 is 0 Å². The largest absolute Gasteiger partial charge is 0.476 e. The number of halogens is 1. The second-order valence-corrected chi connectivity index (χ2v) is 3.74. The Kier molecular flexibility index (Phi) is 2.99. The Morgan fingerprint density at radius 1 is 1.28 bits per heavy atom. The van der Waals surface area contributed by atoms with Crippen LogP contribution >= 0.6 is 11.6 Å². The predicted octanol–water partition coefficient (Wildman–Crippen LogP) is 0.272. The molecule has 0 bridgehead atoms. The molecule has 0 aliphatic rings. The summed E-state index contributed by atoms with van der Waals surface area (Å²) in [6, 6.07) is 5.97. The van der Waals surface area contributed by atoms with Crippen molar-refractivity contribution in [1.29, 1.82) is 0 Å². The third-order valence-electron chi connectivity index (χ3n) is 2.10. The average molecular weight is 268 g/mol. The second kappa shape index (κ2) is 4.46. The Bertz CT molecular complexity index is 717. The van der Waals surface area contributed by atoms with Crippen LogP contribution in [0, 0.1) is 0 Å². The van der Waals surface area contributed by atoms with E-state index < -0.39 is 22.9 Å². The number of nitrogens with one attached hydrogen (secondary N) is 1. The number of H-pyrrole nitrogens is 1. The first-order valence-corrected chi connectivity index (χ1v) is 5.10. The minimum atomic E-state index is -1.51. The van der Waals surface area contributed by atoms with E-state index in [2.05, 4.69) is 5.10 Å². The molecule has 1 heterocycles. The Labute approximate surface area is 104 Å². The first-order valence-electron chi connectivity index (χ1n) is 4.72. The summed E-state index contributed by atoms with van der Waals surface area (Å²) in [5.41, 5.74) is -2.34. The van der Waals surface area contributed by atoms with Gasteiger partial charge in [0.2, 0.25) is 5.69 Å². The summed E-state index contributed by atoms with van der Waals surface area (Å²) >= 11 is 5.69. The van der Waals surface area contributed by atoms with Gasteiger partial charge in [-0.25, -0.2) is 9.59 Å². The number of hydrogen-bond acceptors (Lipinski definition) is 4. The van der Waals surface area contributed by atoms with Crippen molar-refractivity contribution in [3.05, 3.63) is 55.8 Å². The number of nitrogens with zero attached hydrogens (tertiary/aromatic N) is 2. The number of rotatable bonds is 2. The molecule has 1 aromatic carbocycles. The Morgan fingerprint density at radius 2 is 1.89 bits per heavy atom. The molecule has 2 aromatic rings. The molecule has 0 fully saturated rings. The Balaban J connectivity index is 2.68. The minimum absolute atomic E-state index is 0.295. The van der Waals surface area contributed by atoms with Crippen LogP contribution in [0.1, 0.15) is 10.5 Å². The van der Waals surface area contributed by atoms with Crippen LogP contribution in [0.2, 0.25) is 5.02 Å². The lowest BCUT2D eigenvalue weighted by atomic mass is 10.3. The van der Waals surface area contributed by atoms with Gasteiger partial charge in [-0.1, -0.05) is 11.6 Å². The zero-order chi connectivity index (χ0) is 13.3. The monoisotopic (exact) mass is 267 g/mol. The van der Waals surface area contributed by atoms with Gasteiger partial charge in [-0.3, -0.25) is 9.78 Å². The van der Waals surface area contributed by atoms with Crippen molar-refractivity contribution >= 4 is 17.6 Å².